The van der Waals surface area contributed by atoms with Gasteiger partial charge in [-0.25, -0.2) is 9.18 Å². The van der Waals surface area contributed by atoms with Crippen LogP contribution in [-0.2, 0) is 6.54 Å². The van der Waals surface area contributed by atoms with Crippen molar-refractivity contribution in [3.05, 3.63) is 58.8 Å². The lowest BCUT2D eigenvalue weighted by molar-refractivity contribution is 0.0659. The summed E-state index contributed by atoms with van der Waals surface area (Å²) >= 11 is 0. The Hall–Kier alpha value is -2.14. The smallest absolute Gasteiger partial charge is 0.372 e. The predicted octanol–water partition coefficient (Wildman–Crippen LogP) is 3.28. The number of benzene rings is 1. The summed E-state index contributed by atoms with van der Waals surface area (Å²) in [6.45, 7) is 4.05. The molecule has 1 heterocycles. The summed E-state index contributed by atoms with van der Waals surface area (Å²) in [5, 5.41) is 12.1. The molecule has 0 bridgehead atoms. The van der Waals surface area contributed by atoms with Crippen molar-refractivity contribution in [1.82, 2.24) is 5.32 Å². The highest BCUT2D eigenvalue weighted by Crippen LogP contribution is 2.17. The van der Waals surface area contributed by atoms with Gasteiger partial charge >= 0.3 is 5.97 Å². The molecule has 0 amide bonds. The molecule has 0 saturated carbocycles. The first-order valence-electron chi connectivity index (χ1n) is 6.29. The van der Waals surface area contributed by atoms with Crippen molar-refractivity contribution >= 4 is 5.97 Å². The first-order chi connectivity index (χ1) is 9.47. The van der Waals surface area contributed by atoms with E-state index in [1.165, 1.54) is 12.1 Å². The van der Waals surface area contributed by atoms with E-state index in [1.54, 1.807) is 25.1 Å². The third-order valence-electron chi connectivity index (χ3n) is 3.12. The number of hydrogen-bond acceptors (Lipinski definition) is 3. The number of carbonyl (C=O) groups is 1. The lowest BCUT2D eigenvalue weighted by Crippen LogP contribution is -2.17. The normalized spacial score (nSPS) is 12.3. The Morgan fingerprint density at radius 3 is 2.60 bits per heavy atom. The van der Waals surface area contributed by atoms with Crippen LogP contribution >= 0.6 is 0 Å². The van der Waals surface area contributed by atoms with Gasteiger partial charge in [0, 0.05) is 11.6 Å². The van der Waals surface area contributed by atoms with Crippen molar-refractivity contribution in [1.29, 1.82) is 0 Å². The highest BCUT2D eigenvalue weighted by Gasteiger charge is 2.14. The Kier molecular flexibility index (Phi) is 4.20. The summed E-state index contributed by atoms with van der Waals surface area (Å²) in [7, 11) is 0. The largest absolute Gasteiger partial charge is 0.475 e. The van der Waals surface area contributed by atoms with Crippen LogP contribution in [0.5, 0.6) is 0 Å². The number of aromatic carboxylic acids is 1. The molecule has 0 unspecified atom stereocenters. The van der Waals surface area contributed by atoms with E-state index in [9.17, 15) is 9.18 Å². The van der Waals surface area contributed by atoms with Crippen LogP contribution in [0.15, 0.2) is 34.7 Å². The molecule has 0 aliphatic carbocycles. The Labute approximate surface area is 116 Å². The summed E-state index contributed by atoms with van der Waals surface area (Å²) < 4.78 is 18.1. The van der Waals surface area contributed by atoms with Crippen LogP contribution < -0.4 is 5.32 Å². The molecule has 0 aliphatic rings. The van der Waals surface area contributed by atoms with Crippen LogP contribution in [-0.4, -0.2) is 11.1 Å². The van der Waals surface area contributed by atoms with Crippen LogP contribution in [0.3, 0.4) is 0 Å². The zero-order chi connectivity index (χ0) is 14.7. The van der Waals surface area contributed by atoms with Crippen molar-refractivity contribution < 1.29 is 18.7 Å². The summed E-state index contributed by atoms with van der Waals surface area (Å²) in [4.78, 5) is 10.9. The van der Waals surface area contributed by atoms with E-state index in [0.29, 0.717) is 17.9 Å². The van der Waals surface area contributed by atoms with Crippen molar-refractivity contribution in [3.8, 4) is 0 Å². The first-order valence-corrected chi connectivity index (χ1v) is 6.29. The van der Waals surface area contributed by atoms with Crippen molar-refractivity contribution in [2.24, 2.45) is 0 Å². The van der Waals surface area contributed by atoms with E-state index in [0.717, 1.165) is 5.56 Å². The highest BCUT2D eigenvalue weighted by molar-refractivity contribution is 5.86. The van der Waals surface area contributed by atoms with E-state index in [4.69, 9.17) is 9.52 Å². The van der Waals surface area contributed by atoms with Gasteiger partial charge in [0.1, 0.15) is 11.6 Å². The van der Waals surface area contributed by atoms with E-state index in [1.807, 2.05) is 6.92 Å². The van der Waals surface area contributed by atoms with Gasteiger partial charge in [-0.1, -0.05) is 12.1 Å². The first kappa shape index (κ1) is 14.3. The van der Waals surface area contributed by atoms with Crippen molar-refractivity contribution in [3.63, 3.8) is 0 Å². The third-order valence-corrected chi connectivity index (χ3v) is 3.12. The monoisotopic (exact) mass is 277 g/mol. The molecule has 5 heteroatoms. The number of carboxylic acid groups (broad SMARTS) is 1. The Morgan fingerprint density at radius 2 is 2.05 bits per heavy atom. The molecular weight excluding hydrogens is 261 g/mol. The van der Waals surface area contributed by atoms with Gasteiger partial charge < -0.3 is 14.8 Å². The van der Waals surface area contributed by atoms with Crippen molar-refractivity contribution in [2.45, 2.75) is 26.4 Å². The van der Waals surface area contributed by atoms with Gasteiger partial charge in [-0.05, 0) is 37.6 Å². The van der Waals surface area contributed by atoms with E-state index < -0.39 is 5.97 Å². The molecule has 1 aromatic heterocycles. The maximum absolute atomic E-state index is 12.8. The molecule has 2 rings (SSSR count). The quantitative estimate of drug-likeness (QED) is 0.880. The minimum absolute atomic E-state index is 0.00860. The number of halogens is 1. The van der Waals surface area contributed by atoms with Gasteiger partial charge in [-0.15, -0.1) is 0 Å². The van der Waals surface area contributed by atoms with Gasteiger partial charge in [0.15, 0.2) is 0 Å². The van der Waals surface area contributed by atoms with Crippen LogP contribution in [0, 0.1) is 12.7 Å². The van der Waals surface area contributed by atoms with E-state index in [2.05, 4.69) is 5.32 Å². The Morgan fingerprint density at radius 1 is 1.40 bits per heavy atom. The predicted molar refractivity (Wildman–Crippen MR) is 72.1 cm³/mol. The van der Waals surface area contributed by atoms with Gasteiger partial charge in [0.05, 0.1) is 6.54 Å². The number of nitrogens with one attached hydrogen (secondary N) is 1. The summed E-state index contributed by atoms with van der Waals surface area (Å²) in [6, 6.07) is 7.95. The lowest BCUT2D eigenvalue weighted by Gasteiger charge is -2.13. The van der Waals surface area contributed by atoms with Gasteiger partial charge in [-0.3, -0.25) is 0 Å². The number of hydrogen-bond donors (Lipinski definition) is 2. The second-order valence-electron chi connectivity index (χ2n) is 4.68. The second-order valence-corrected chi connectivity index (χ2v) is 4.68. The second kappa shape index (κ2) is 5.88. The maximum Gasteiger partial charge on any atom is 0.372 e. The molecule has 1 aromatic carbocycles. The molecule has 4 nitrogen and oxygen atoms in total. The molecular formula is C15H16FNO3. The fourth-order valence-electron chi connectivity index (χ4n) is 1.97. The number of furan rings is 1. The van der Waals surface area contributed by atoms with Crippen LogP contribution in [0.4, 0.5) is 4.39 Å². The fourth-order valence-corrected chi connectivity index (χ4v) is 1.97. The minimum atomic E-state index is -1.07. The lowest BCUT2D eigenvalue weighted by atomic mass is 10.1. The molecule has 20 heavy (non-hydrogen) atoms. The zero-order valence-electron chi connectivity index (χ0n) is 11.3. The van der Waals surface area contributed by atoms with Gasteiger partial charge in [0.2, 0.25) is 5.76 Å². The standard InChI is InChI=1S/C15H16FNO3/c1-9-7-13(20-14(9)15(18)19)8-17-10(2)11-3-5-12(16)6-4-11/h3-7,10,17H,8H2,1-2H3,(H,18,19)/t10-/m1/s1. The molecule has 0 spiro atoms. The fraction of sp³-hybridized carbons (Fsp3) is 0.267. The SMILES string of the molecule is Cc1cc(CN[C@H](C)c2ccc(F)cc2)oc1C(=O)O. The summed E-state index contributed by atoms with van der Waals surface area (Å²) in [5.74, 6) is -0.806. The molecule has 0 fully saturated rings. The van der Waals surface area contributed by atoms with Gasteiger partial charge in [0.25, 0.3) is 0 Å². The van der Waals surface area contributed by atoms with Gasteiger partial charge in [-0.2, -0.15) is 0 Å². The van der Waals surface area contributed by atoms with E-state index in [-0.39, 0.29) is 17.6 Å². The molecule has 1 atom stereocenters. The van der Waals surface area contributed by atoms with Crippen LogP contribution in [0.2, 0.25) is 0 Å². The number of carboxylic acids is 1. The average molecular weight is 277 g/mol. The minimum Gasteiger partial charge on any atom is -0.475 e. The third kappa shape index (κ3) is 3.24. The average Bonchev–Trinajstić information content (AvgIpc) is 2.78. The molecule has 106 valence electrons. The molecule has 2 aromatic rings. The van der Waals surface area contributed by atoms with Crippen molar-refractivity contribution in [2.75, 3.05) is 0 Å². The molecule has 0 aliphatic heterocycles. The summed E-state index contributed by atoms with van der Waals surface area (Å²) in [5.41, 5.74) is 1.55. The molecule has 0 radical (unpaired) electrons. The zero-order valence-corrected chi connectivity index (χ0v) is 11.3. The number of rotatable bonds is 5. The maximum atomic E-state index is 12.8. The van der Waals surface area contributed by atoms with E-state index >= 15 is 0 Å². The van der Waals surface area contributed by atoms with Crippen LogP contribution in [0.25, 0.3) is 0 Å². The number of aryl methyl sites for hydroxylation is 1. The Bertz CT molecular complexity index is 604. The molecule has 2 N–H and O–H groups in total. The highest BCUT2D eigenvalue weighted by atomic mass is 19.1. The van der Waals surface area contributed by atoms with Crippen LogP contribution in [0.1, 0.15) is 40.4 Å². The molecule has 0 saturated heterocycles. The topological polar surface area (TPSA) is 62.5 Å². The summed E-state index contributed by atoms with van der Waals surface area (Å²) in [6.07, 6.45) is 0. The Balaban J connectivity index is 1.99.